The highest BCUT2D eigenvalue weighted by Crippen LogP contribution is 2.31. The van der Waals surface area contributed by atoms with Crippen molar-refractivity contribution in [3.63, 3.8) is 0 Å². The Labute approximate surface area is 229 Å². The number of ether oxygens (including phenoxy) is 2. The van der Waals surface area contributed by atoms with E-state index >= 15 is 0 Å². The van der Waals surface area contributed by atoms with E-state index in [-0.39, 0.29) is 18.2 Å². The number of halogens is 1. The fourth-order valence-electron chi connectivity index (χ4n) is 4.53. The molecule has 2 amide bonds. The summed E-state index contributed by atoms with van der Waals surface area (Å²) in [5, 5.41) is 3.65. The summed E-state index contributed by atoms with van der Waals surface area (Å²) in [7, 11) is 0. The Balaban J connectivity index is 1.57. The molecular formula is C31H35ClN2O4. The largest absolute Gasteiger partial charge is 0.486 e. The average Bonchev–Trinajstić information content (AvgIpc) is 2.94. The summed E-state index contributed by atoms with van der Waals surface area (Å²) in [6, 6.07) is 22.4. The van der Waals surface area contributed by atoms with Crippen LogP contribution in [0.5, 0.6) is 11.5 Å². The molecule has 38 heavy (non-hydrogen) atoms. The van der Waals surface area contributed by atoms with Gasteiger partial charge in [0.1, 0.15) is 19.3 Å². The highest BCUT2D eigenvalue weighted by molar-refractivity contribution is 6.30. The number of rotatable bonds is 12. The molecule has 0 aromatic heterocycles. The first kappa shape index (κ1) is 27.5. The lowest BCUT2D eigenvalue weighted by atomic mass is 10.0. The minimum atomic E-state index is -0.652. The van der Waals surface area contributed by atoms with Gasteiger partial charge < -0.3 is 19.7 Å². The van der Waals surface area contributed by atoms with E-state index < -0.39 is 6.04 Å². The van der Waals surface area contributed by atoms with Crippen molar-refractivity contribution in [2.24, 2.45) is 0 Å². The van der Waals surface area contributed by atoms with Crippen LogP contribution in [0.4, 0.5) is 0 Å². The van der Waals surface area contributed by atoms with E-state index in [1.165, 1.54) is 0 Å². The van der Waals surface area contributed by atoms with E-state index in [9.17, 15) is 9.59 Å². The minimum absolute atomic E-state index is 0.0913. The molecule has 200 valence electrons. The van der Waals surface area contributed by atoms with Crippen LogP contribution in [-0.2, 0) is 29.0 Å². The first-order chi connectivity index (χ1) is 18.5. The monoisotopic (exact) mass is 534 g/mol. The SMILES string of the molecule is CCCCNC(=O)[C@H](Cc1ccccc1)N(Cc1cccc(Cl)c1)C(=O)CCc1ccc2c(c1)OCCO2. The second kappa shape index (κ2) is 13.9. The van der Waals surface area contributed by atoms with Crippen molar-refractivity contribution >= 4 is 23.4 Å². The number of benzene rings is 3. The van der Waals surface area contributed by atoms with Gasteiger partial charge in [0.15, 0.2) is 11.5 Å². The average molecular weight is 535 g/mol. The molecule has 0 aliphatic carbocycles. The van der Waals surface area contributed by atoms with Crippen molar-refractivity contribution in [2.75, 3.05) is 19.8 Å². The Morgan fingerprint density at radius 3 is 2.45 bits per heavy atom. The van der Waals surface area contributed by atoms with Crippen molar-refractivity contribution in [3.8, 4) is 11.5 Å². The Bertz CT molecular complexity index is 1220. The molecule has 3 aromatic rings. The fraction of sp³-hybridized carbons (Fsp3) is 0.355. The third kappa shape index (κ3) is 7.75. The van der Waals surface area contributed by atoms with Gasteiger partial charge in [-0.15, -0.1) is 0 Å². The molecule has 0 saturated carbocycles. The molecule has 7 heteroatoms. The number of aryl methyl sites for hydroxylation is 1. The van der Waals surface area contributed by atoms with Crippen LogP contribution in [0, 0.1) is 0 Å². The summed E-state index contributed by atoms with van der Waals surface area (Å²) in [6.07, 6.45) is 3.07. The Hall–Kier alpha value is -3.51. The molecule has 1 aliphatic heterocycles. The molecular weight excluding hydrogens is 500 g/mol. The second-order valence-corrected chi connectivity index (χ2v) is 9.92. The van der Waals surface area contributed by atoms with E-state index in [1.54, 1.807) is 11.0 Å². The maximum atomic E-state index is 13.8. The van der Waals surface area contributed by atoms with E-state index in [2.05, 4.69) is 12.2 Å². The first-order valence-corrected chi connectivity index (χ1v) is 13.7. The van der Waals surface area contributed by atoms with Crippen LogP contribution in [0.3, 0.4) is 0 Å². The van der Waals surface area contributed by atoms with E-state index in [4.69, 9.17) is 21.1 Å². The van der Waals surface area contributed by atoms with Crippen molar-refractivity contribution in [1.82, 2.24) is 10.2 Å². The van der Waals surface area contributed by atoms with Gasteiger partial charge in [-0.2, -0.15) is 0 Å². The van der Waals surface area contributed by atoms with Crippen LogP contribution < -0.4 is 14.8 Å². The van der Waals surface area contributed by atoms with Gasteiger partial charge in [0.2, 0.25) is 11.8 Å². The van der Waals surface area contributed by atoms with E-state index in [0.29, 0.717) is 49.9 Å². The third-order valence-electron chi connectivity index (χ3n) is 6.58. The highest BCUT2D eigenvalue weighted by Gasteiger charge is 2.30. The Morgan fingerprint density at radius 1 is 0.921 bits per heavy atom. The lowest BCUT2D eigenvalue weighted by molar-refractivity contribution is -0.141. The van der Waals surface area contributed by atoms with Crippen LogP contribution in [0.25, 0.3) is 0 Å². The van der Waals surface area contributed by atoms with Gasteiger partial charge in [-0.05, 0) is 53.8 Å². The fourth-order valence-corrected chi connectivity index (χ4v) is 4.74. The van der Waals surface area contributed by atoms with E-state index in [1.807, 2.05) is 66.7 Å². The molecule has 1 atom stereocenters. The topological polar surface area (TPSA) is 67.9 Å². The molecule has 1 heterocycles. The Morgan fingerprint density at radius 2 is 1.68 bits per heavy atom. The van der Waals surface area contributed by atoms with Crippen LogP contribution in [-0.4, -0.2) is 42.5 Å². The number of unbranched alkanes of at least 4 members (excludes halogenated alkanes) is 1. The number of nitrogens with zero attached hydrogens (tertiary/aromatic N) is 1. The standard InChI is InChI=1S/C31H35ClN2O4/c1-2-3-16-33-31(36)27(20-23-8-5-4-6-9-23)34(22-25-10-7-11-26(32)19-25)30(35)15-13-24-12-14-28-29(21-24)38-18-17-37-28/h4-12,14,19,21,27H,2-3,13,15-18,20,22H2,1H3,(H,33,36)/t27-/m0/s1. The normalized spacial score (nSPS) is 13.0. The molecule has 1 aliphatic rings. The zero-order valence-electron chi connectivity index (χ0n) is 21.8. The number of carbonyl (C=O) groups excluding carboxylic acids is 2. The smallest absolute Gasteiger partial charge is 0.243 e. The molecule has 0 radical (unpaired) electrons. The molecule has 6 nitrogen and oxygen atoms in total. The van der Waals surface area contributed by atoms with Gasteiger partial charge in [-0.1, -0.05) is 73.5 Å². The molecule has 0 spiro atoms. The zero-order chi connectivity index (χ0) is 26.7. The minimum Gasteiger partial charge on any atom is -0.486 e. The maximum absolute atomic E-state index is 13.8. The van der Waals surface area contributed by atoms with Crippen LogP contribution in [0.1, 0.15) is 42.9 Å². The Kier molecular flexibility index (Phi) is 10.0. The number of hydrogen-bond acceptors (Lipinski definition) is 4. The van der Waals surface area contributed by atoms with Crippen LogP contribution in [0.15, 0.2) is 72.8 Å². The molecule has 4 rings (SSSR count). The van der Waals surface area contributed by atoms with Crippen molar-refractivity contribution in [3.05, 3.63) is 94.5 Å². The van der Waals surface area contributed by atoms with Crippen LogP contribution >= 0.6 is 11.6 Å². The number of hydrogen-bond donors (Lipinski definition) is 1. The molecule has 0 fully saturated rings. The summed E-state index contributed by atoms with van der Waals surface area (Å²) in [4.78, 5) is 29.0. The molecule has 0 bridgehead atoms. The lowest BCUT2D eigenvalue weighted by Gasteiger charge is -2.32. The summed E-state index contributed by atoms with van der Waals surface area (Å²) in [6.45, 7) is 4.00. The zero-order valence-corrected chi connectivity index (χ0v) is 22.6. The van der Waals surface area contributed by atoms with Crippen molar-refractivity contribution < 1.29 is 19.1 Å². The van der Waals surface area contributed by atoms with Gasteiger partial charge in [0, 0.05) is 31.0 Å². The molecule has 1 N–H and O–H groups in total. The summed E-state index contributed by atoms with van der Waals surface area (Å²) < 4.78 is 11.3. The highest BCUT2D eigenvalue weighted by atomic mass is 35.5. The molecule has 3 aromatic carbocycles. The van der Waals surface area contributed by atoms with Gasteiger partial charge in [0.25, 0.3) is 0 Å². The predicted octanol–water partition coefficient (Wildman–Crippen LogP) is 5.60. The number of fused-ring (bicyclic) bond motifs is 1. The van der Waals surface area contributed by atoms with Gasteiger partial charge in [-0.3, -0.25) is 9.59 Å². The van der Waals surface area contributed by atoms with Gasteiger partial charge >= 0.3 is 0 Å². The summed E-state index contributed by atoms with van der Waals surface area (Å²) in [5.41, 5.74) is 2.86. The quantitative estimate of drug-likeness (QED) is 0.307. The van der Waals surface area contributed by atoms with Crippen LogP contribution in [0.2, 0.25) is 5.02 Å². The van der Waals surface area contributed by atoms with Gasteiger partial charge in [-0.25, -0.2) is 0 Å². The summed E-state index contributed by atoms with van der Waals surface area (Å²) in [5.74, 6) is 1.19. The molecule has 0 saturated heterocycles. The third-order valence-corrected chi connectivity index (χ3v) is 6.81. The number of carbonyl (C=O) groups is 2. The predicted molar refractivity (Wildman–Crippen MR) is 150 cm³/mol. The van der Waals surface area contributed by atoms with E-state index in [0.717, 1.165) is 35.3 Å². The van der Waals surface area contributed by atoms with Gasteiger partial charge in [0.05, 0.1) is 0 Å². The lowest BCUT2D eigenvalue weighted by Crippen LogP contribution is -2.50. The number of nitrogens with one attached hydrogen (secondary N) is 1. The maximum Gasteiger partial charge on any atom is 0.243 e. The number of amides is 2. The summed E-state index contributed by atoms with van der Waals surface area (Å²) >= 11 is 6.26. The first-order valence-electron chi connectivity index (χ1n) is 13.3. The van der Waals surface area contributed by atoms with Crippen molar-refractivity contribution in [1.29, 1.82) is 0 Å². The second-order valence-electron chi connectivity index (χ2n) is 9.48. The van der Waals surface area contributed by atoms with Crippen molar-refractivity contribution in [2.45, 2.75) is 51.6 Å². The molecule has 0 unspecified atom stereocenters.